The molecule has 23 heavy (non-hydrogen) atoms. The maximum Gasteiger partial charge on any atom is 0.234 e. The van der Waals surface area contributed by atoms with Crippen molar-refractivity contribution in [3.05, 3.63) is 24.3 Å². The van der Waals surface area contributed by atoms with Gasteiger partial charge >= 0.3 is 0 Å². The zero-order valence-corrected chi connectivity index (χ0v) is 14.7. The van der Waals surface area contributed by atoms with Crippen LogP contribution >= 0.6 is 11.8 Å². The van der Waals surface area contributed by atoms with Crippen molar-refractivity contribution in [2.24, 2.45) is 7.05 Å². The van der Waals surface area contributed by atoms with Gasteiger partial charge in [-0.2, -0.15) is 0 Å². The van der Waals surface area contributed by atoms with Gasteiger partial charge in [-0.25, -0.2) is 4.68 Å². The summed E-state index contributed by atoms with van der Waals surface area (Å²) >= 11 is 1.30. The minimum Gasteiger partial charge on any atom is -0.369 e. The molecule has 0 unspecified atom stereocenters. The number of hydrogen-bond acceptors (Lipinski definition) is 6. The van der Waals surface area contributed by atoms with Gasteiger partial charge in [0.15, 0.2) is 0 Å². The average Bonchev–Trinajstić information content (AvgIpc) is 2.92. The molecule has 1 N–H and O–H groups in total. The summed E-state index contributed by atoms with van der Waals surface area (Å²) < 4.78 is 1.54. The molecule has 0 radical (unpaired) electrons. The number of carbonyl (C=O) groups excluding carboxylic acids is 1. The van der Waals surface area contributed by atoms with Gasteiger partial charge in [-0.1, -0.05) is 11.8 Å². The van der Waals surface area contributed by atoms with Crippen molar-refractivity contribution >= 4 is 29.0 Å². The number of nitrogens with one attached hydrogen (secondary N) is 1. The first kappa shape index (κ1) is 17.3. The van der Waals surface area contributed by atoms with Gasteiger partial charge in [0.25, 0.3) is 0 Å². The highest BCUT2D eigenvalue weighted by molar-refractivity contribution is 7.99. The smallest absolute Gasteiger partial charge is 0.234 e. The van der Waals surface area contributed by atoms with Gasteiger partial charge < -0.3 is 10.2 Å². The maximum atomic E-state index is 12.0. The molecule has 1 aromatic carbocycles. The van der Waals surface area contributed by atoms with Crippen molar-refractivity contribution in [2.45, 2.75) is 32.0 Å². The van der Waals surface area contributed by atoms with Crippen LogP contribution in [0, 0.1) is 0 Å². The predicted octanol–water partition coefficient (Wildman–Crippen LogP) is 2.18. The molecule has 0 aliphatic heterocycles. The zero-order chi connectivity index (χ0) is 16.8. The van der Waals surface area contributed by atoms with Gasteiger partial charge in [-0.3, -0.25) is 4.79 Å². The van der Waals surface area contributed by atoms with E-state index in [4.69, 9.17) is 0 Å². The van der Waals surface area contributed by atoms with E-state index in [0.717, 1.165) is 17.9 Å². The van der Waals surface area contributed by atoms with E-state index in [2.05, 4.69) is 46.5 Å². The molecule has 0 saturated heterocycles. The number of hydrogen-bond donors (Lipinski definition) is 1. The second-order valence-electron chi connectivity index (χ2n) is 5.35. The minimum absolute atomic E-state index is 0.0815. The topological polar surface area (TPSA) is 75.9 Å². The van der Waals surface area contributed by atoms with Gasteiger partial charge in [-0.15, -0.1) is 5.10 Å². The van der Waals surface area contributed by atoms with Gasteiger partial charge in [-0.05, 0) is 55.5 Å². The quantitative estimate of drug-likeness (QED) is 0.782. The number of nitrogens with zero attached hydrogens (tertiary/aromatic N) is 5. The number of aromatic nitrogens is 4. The normalized spacial score (nSPS) is 10.8. The van der Waals surface area contributed by atoms with E-state index < -0.39 is 0 Å². The Bertz CT molecular complexity index is 640. The lowest BCUT2D eigenvalue weighted by Crippen LogP contribution is -2.30. The number of rotatable bonds is 7. The molecule has 1 amide bonds. The highest BCUT2D eigenvalue weighted by Crippen LogP contribution is 2.20. The predicted molar refractivity (Wildman–Crippen MR) is 92.7 cm³/mol. The van der Waals surface area contributed by atoms with Crippen LogP contribution in [0.2, 0.25) is 0 Å². The Hall–Kier alpha value is -2.09. The molecule has 0 aliphatic rings. The lowest BCUT2D eigenvalue weighted by molar-refractivity contribution is -0.113. The van der Waals surface area contributed by atoms with E-state index in [0.29, 0.717) is 11.2 Å². The molecule has 2 aromatic rings. The highest BCUT2D eigenvalue weighted by atomic mass is 32.2. The van der Waals surface area contributed by atoms with Crippen LogP contribution < -0.4 is 10.2 Å². The molecule has 0 atom stereocenters. The summed E-state index contributed by atoms with van der Waals surface area (Å²) in [5, 5.41) is 14.6. The standard InChI is InChI=1S/C15H22N6OS/c1-5-21(11(2)3)13-8-6-12(7-9-13)16-14(22)10-23-15-17-18-19-20(15)4/h6-9,11H,5,10H2,1-4H3,(H,16,22). The van der Waals surface area contributed by atoms with Crippen LogP contribution in [0.5, 0.6) is 0 Å². The fourth-order valence-corrected chi connectivity index (χ4v) is 2.90. The molecule has 0 spiro atoms. The first-order valence-electron chi connectivity index (χ1n) is 7.53. The Labute approximate surface area is 140 Å². The van der Waals surface area contributed by atoms with Crippen molar-refractivity contribution in [2.75, 3.05) is 22.5 Å². The largest absolute Gasteiger partial charge is 0.369 e. The Balaban J connectivity index is 1.90. The molecule has 2 rings (SSSR count). The van der Waals surface area contributed by atoms with E-state index in [1.54, 1.807) is 7.05 Å². The number of tetrazole rings is 1. The van der Waals surface area contributed by atoms with Gasteiger partial charge in [0.2, 0.25) is 11.1 Å². The molecule has 0 bridgehead atoms. The fraction of sp³-hybridized carbons (Fsp3) is 0.467. The molecule has 7 nitrogen and oxygen atoms in total. The third-order valence-electron chi connectivity index (χ3n) is 3.36. The van der Waals surface area contributed by atoms with Crippen LogP contribution in [0.1, 0.15) is 20.8 Å². The Kier molecular flexibility index (Phi) is 5.97. The monoisotopic (exact) mass is 334 g/mol. The van der Waals surface area contributed by atoms with Crippen LogP contribution in [-0.4, -0.2) is 44.5 Å². The third kappa shape index (κ3) is 4.69. The summed E-state index contributed by atoms with van der Waals surface area (Å²) in [6.07, 6.45) is 0. The number of benzene rings is 1. The van der Waals surface area contributed by atoms with Crippen LogP contribution in [0.25, 0.3) is 0 Å². The van der Waals surface area contributed by atoms with E-state index in [9.17, 15) is 4.79 Å². The number of thioether (sulfide) groups is 1. The van der Waals surface area contributed by atoms with E-state index in [1.165, 1.54) is 16.4 Å². The first-order chi connectivity index (χ1) is 11.0. The third-order valence-corrected chi connectivity index (χ3v) is 4.37. The number of amides is 1. The molecule has 8 heteroatoms. The van der Waals surface area contributed by atoms with Crippen molar-refractivity contribution in [3.63, 3.8) is 0 Å². The van der Waals surface area contributed by atoms with Crippen molar-refractivity contribution < 1.29 is 4.79 Å². The van der Waals surface area contributed by atoms with Crippen LogP contribution in [0.3, 0.4) is 0 Å². The molecule has 1 aromatic heterocycles. The van der Waals surface area contributed by atoms with Crippen LogP contribution in [-0.2, 0) is 11.8 Å². The minimum atomic E-state index is -0.0815. The number of carbonyl (C=O) groups is 1. The SMILES string of the molecule is CCN(c1ccc(NC(=O)CSc2nnnn2C)cc1)C(C)C. The summed E-state index contributed by atoms with van der Waals surface area (Å²) in [5.74, 6) is 0.185. The second-order valence-corrected chi connectivity index (χ2v) is 6.29. The zero-order valence-electron chi connectivity index (χ0n) is 13.9. The highest BCUT2D eigenvalue weighted by Gasteiger charge is 2.10. The summed E-state index contributed by atoms with van der Waals surface area (Å²) in [6, 6.07) is 8.34. The average molecular weight is 334 g/mol. The molecule has 0 saturated carbocycles. The van der Waals surface area contributed by atoms with E-state index >= 15 is 0 Å². The van der Waals surface area contributed by atoms with Gasteiger partial charge in [0.1, 0.15) is 0 Å². The molecule has 0 aliphatic carbocycles. The van der Waals surface area contributed by atoms with Crippen LogP contribution in [0.15, 0.2) is 29.4 Å². The number of anilines is 2. The summed E-state index contributed by atoms with van der Waals surface area (Å²) in [4.78, 5) is 14.3. The fourth-order valence-electron chi connectivity index (χ4n) is 2.25. The summed E-state index contributed by atoms with van der Waals surface area (Å²) in [7, 11) is 1.74. The van der Waals surface area contributed by atoms with Crippen LogP contribution in [0.4, 0.5) is 11.4 Å². The molecule has 0 fully saturated rings. The summed E-state index contributed by atoms with van der Waals surface area (Å²) in [6.45, 7) is 7.41. The maximum absolute atomic E-state index is 12.0. The molecule has 124 valence electrons. The van der Waals surface area contributed by atoms with Crippen molar-refractivity contribution in [1.82, 2.24) is 20.2 Å². The Morgan fingerprint density at radius 2 is 2.04 bits per heavy atom. The molecule has 1 heterocycles. The van der Waals surface area contributed by atoms with E-state index in [-0.39, 0.29) is 11.7 Å². The van der Waals surface area contributed by atoms with Gasteiger partial charge in [0, 0.05) is 31.0 Å². The molecular weight excluding hydrogens is 312 g/mol. The first-order valence-corrected chi connectivity index (χ1v) is 8.51. The molecular formula is C15H22N6OS. The van der Waals surface area contributed by atoms with Crippen molar-refractivity contribution in [3.8, 4) is 0 Å². The lowest BCUT2D eigenvalue weighted by Gasteiger charge is -2.27. The van der Waals surface area contributed by atoms with Crippen molar-refractivity contribution in [1.29, 1.82) is 0 Å². The Morgan fingerprint density at radius 3 is 2.57 bits per heavy atom. The summed E-state index contributed by atoms with van der Waals surface area (Å²) in [5.41, 5.74) is 1.94. The Morgan fingerprint density at radius 1 is 1.35 bits per heavy atom. The van der Waals surface area contributed by atoms with E-state index in [1.807, 2.05) is 24.3 Å². The lowest BCUT2D eigenvalue weighted by atomic mass is 10.2. The second kappa shape index (κ2) is 7.96. The van der Waals surface area contributed by atoms with Gasteiger partial charge in [0.05, 0.1) is 5.75 Å². The number of aryl methyl sites for hydroxylation is 1.